The van der Waals surface area contributed by atoms with Crippen LogP contribution in [0, 0.1) is 0 Å². The Balaban J connectivity index is 2.95. The summed E-state index contributed by atoms with van der Waals surface area (Å²) in [7, 11) is 1.69. The van der Waals surface area contributed by atoms with Gasteiger partial charge in [0, 0.05) is 16.5 Å². The number of benzene rings is 1. The van der Waals surface area contributed by atoms with Crippen LogP contribution >= 0.6 is 15.9 Å². The number of methoxy groups -OCH3 is 1. The molecule has 0 aromatic heterocycles. The normalized spacial score (nSPS) is 9.92. The lowest BCUT2D eigenvalue weighted by Gasteiger charge is -2.06. The molecule has 0 saturated heterocycles. The van der Waals surface area contributed by atoms with Crippen LogP contribution in [0.2, 0.25) is 0 Å². The SMILES string of the molecule is COc1ccc(Br)cc1CC[NH3+]. The molecule has 3 heteroatoms. The second-order valence-corrected chi connectivity index (χ2v) is 3.48. The summed E-state index contributed by atoms with van der Waals surface area (Å²) in [6.45, 7) is 0.896. The Kier molecular flexibility index (Phi) is 3.56. The van der Waals surface area contributed by atoms with E-state index in [0.717, 1.165) is 23.2 Å². The Morgan fingerprint density at radius 3 is 2.83 bits per heavy atom. The first-order valence-electron chi connectivity index (χ1n) is 3.89. The molecule has 0 amide bonds. The van der Waals surface area contributed by atoms with E-state index in [2.05, 4.69) is 27.7 Å². The first kappa shape index (κ1) is 9.55. The average molecular weight is 231 g/mol. The molecule has 0 atom stereocenters. The summed E-state index contributed by atoms with van der Waals surface area (Å²) < 4.78 is 6.29. The van der Waals surface area contributed by atoms with E-state index in [4.69, 9.17) is 4.74 Å². The molecule has 12 heavy (non-hydrogen) atoms. The van der Waals surface area contributed by atoms with Crippen molar-refractivity contribution in [2.45, 2.75) is 6.42 Å². The zero-order valence-corrected chi connectivity index (χ0v) is 8.73. The molecule has 1 aromatic carbocycles. The van der Waals surface area contributed by atoms with Gasteiger partial charge in [0.1, 0.15) is 5.75 Å². The van der Waals surface area contributed by atoms with Crippen LogP contribution in [0.3, 0.4) is 0 Å². The summed E-state index contributed by atoms with van der Waals surface area (Å²) >= 11 is 3.42. The Labute approximate surface area is 80.8 Å². The minimum atomic E-state index is 0.896. The van der Waals surface area contributed by atoms with Crippen molar-refractivity contribution < 1.29 is 10.5 Å². The largest absolute Gasteiger partial charge is 0.496 e. The molecule has 0 fully saturated rings. The van der Waals surface area contributed by atoms with E-state index in [1.54, 1.807) is 7.11 Å². The maximum atomic E-state index is 5.20. The second-order valence-electron chi connectivity index (χ2n) is 2.56. The van der Waals surface area contributed by atoms with Crippen LogP contribution in [0.25, 0.3) is 0 Å². The molecule has 66 valence electrons. The number of ether oxygens (including phenoxy) is 1. The summed E-state index contributed by atoms with van der Waals surface area (Å²) in [5.41, 5.74) is 5.03. The van der Waals surface area contributed by atoms with Gasteiger partial charge in [0.2, 0.25) is 0 Å². The lowest BCUT2D eigenvalue weighted by atomic mass is 10.1. The Hall–Kier alpha value is -0.540. The lowest BCUT2D eigenvalue weighted by molar-refractivity contribution is -0.366. The van der Waals surface area contributed by atoms with Crippen molar-refractivity contribution in [3.63, 3.8) is 0 Å². The molecule has 0 saturated carbocycles. The van der Waals surface area contributed by atoms with Gasteiger partial charge in [-0.05, 0) is 18.2 Å². The molecule has 0 aliphatic rings. The minimum absolute atomic E-state index is 0.896. The Bertz CT molecular complexity index is 263. The third-order valence-corrected chi connectivity index (χ3v) is 2.18. The first-order valence-corrected chi connectivity index (χ1v) is 4.69. The molecule has 0 bridgehead atoms. The van der Waals surface area contributed by atoms with Crippen molar-refractivity contribution in [2.24, 2.45) is 0 Å². The van der Waals surface area contributed by atoms with E-state index in [1.807, 2.05) is 12.1 Å². The van der Waals surface area contributed by atoms with Crippen LogP contribution in [-0.4, -0.2) is 13.7 Å². The highest BCUT2D eigenvalue weighted by atomic mass is 79.9. The van der Waals surface area contributed by atoms with Crippen LogP contribution in [0.1, 0.15) is 5.56 Å². The predicted molar refractivity (Wildman–Crippen MR) is 52.2 cm³/mol. The molecule has 0 aliphatic heterocycles. The van der Waals surface area contributed by atoms with E-state index in [0.29, 0.717) is 0 Å². The molecule has 1 aromatic rings. The molecule has 1 rings (SSSR count). The highest BCUT2D eigenvalue weighted by Crippen LogP contribution is 2.22. The van der Waals surface area contributed by atoms with Gasteiger partial charge in [-0.2, -0.15) is 0 Å². The molecule has 3 N–H and O–H groups in total. The summed E-state index contributed by atoms with van der Waals surface area (Å²) in [4.78, 5) is 0. The van der Waals surface area contributed by atoms with E-state index < -0.39 is 0 Å². The summed E-state index contributed by atoms with van der Waals surface area (Å²) in [5, 5.41) is 0. The number of rotatable bonds is 3. The van der Waals surface area contributed by atoms with Gasteiger partial charge in [-0.3, -0.25) is 0 Å². The van der Waals surface area contributed by atoms with Crippen molar-refractivity contribution in [3.05, 3.63) is 28.2 Å². The Morgan fingerprint density at radius 2 is 2.25 bits per heavy atom. The molecule has 0 heterocycles. The predicted octanol–water partition coefficient (Wildman–Crippen LogP) is 1.24. The number of quaternary nitrogens is 1. The number of hydrogen-bond acceptors (Lipinski definition) is 1. The van der Waals surface area contributed by atoms with Crippen molar-refractivity contribution in [3.8, 4) is 5.75 Å². The quantitative estimate of drug-likeness (QED) is 0.834. The summed E-state index contributed by atoms with van der Waals surface area (Å²) in [6, 6.07) is 6.02. The lowest BCUT2D eigenvalue weighted by Crippen LogP contribution is -2.51. The smallest absolute Gasteiger partial charge is 0.122 e. The number of halogens is 1. The Morgan fingerprint density at radius 1 is 1.50 bits per heavy atom. The van der Waals surface area contributed by atoms with Gasteiger partial charge in [-0.1, -0.05) is 15.9 Å². The molecule has 0 spiro atoms. The molecular formula is C9H13BrNO+. The molecule has 0 unspecified atom stereocenters. The molecule has 0 aliphatic carbocycles. The maximum Gasteiger partial charge on any atom is 0.122 e. The maximum absolute atomic E-state index is 5.20. The average Bonchev–Trinajstić information content (AvgIpc) is 2.05. The highest BCUT2D eigenvalue weighted by Gasteiger charge is 2.02. The molecule has 0 radical (unpaired) electrons. The van der Waals surface area contributed by atoms with Crippen LogP contribution in [-0.2, 0) is 6.42 Å². The minimum Gasteiger partial charge on any atom is -0.496 e. The van der Waals surface area contributed by atoms with Crippen molar-refractivity contribution in [2.75, 3.05) is 13.7 Å². The van der Waals surface area contributed by atoms with E-state index >= 15 is 0 Å². The standard InChI is InChI=1S/C9H12BrNO/c1-12-9-3-2-8(10)6-7(9)4-5-11/h2-3,6H,4-5,11H2,1H3/p+1. The third kappa shape index (κ3) is 2.22. The van der Waals surface area contributed by atoms with Crippen molar-refractivity contribution >= 4 is 15.9 Å². The van der Waals surface area contributed by atoms with Crippen molar-refractivity contribution in [1.29, 1.82) is 0 Å². The fraction of sp³-hybridized carbons (Fsp3) is 0.333. The monoisotopic (exact) mass is 230 g/mol. The number of hydrogen-bond donors (Lipinski definition) is 1. The van der Waals surface area contributed by atoms with Crippen molar-refractivity contribution in [1.82, 2.24) is 0 Å². The third-order valence-electron chi connectivity index (χ3n) is 1.69. The molecule has 2 nitrogen and oxygen atoms in total. The van der Waals surface area contributed by atoms with Gasteiger partial charge in [0.05, 0.1) is 13.7 Å². The first-order chi connectivity index (χ1) is 5.77. The fourth-order valence-corrected chi connectivity index (χ4v) is 1.54. The summed E-state index contributed by atoms with van der Waals surface area (Å²) in [5.74, 6) is 0.946. The van der Waals surface area contributed by atoms with Crippen LogP contribution in [0.15, 0.2) is 22.7 Å². The van der Waals surface area contributed by atoms with Gasteiger partial charge in [0.15, 0.2) is 0 Å². The zero-order chi connectivity index (χ0) is 8.97. The zero-order valence-electron chi connectivity index (χ0n) is 7.14. The topological polar surface area (TPSA) is 36.9 Å². The van der Waals surface area contributed by atoms with Crippen LogP contribution in [0.4, 0.5) is 0 Å². The van der Waals surface area contributed by atoms with E-state index in [1.165, 1.54) is 5.56 Å². The van der Waals surface area contributed by atoms with E-state index in [-0.39, 0.29) is 0 Å². The van der Waals surface area contributed by atoms with Gasteiger partial charge in [-0.15, -0.1) is 0 Å². The fourth-order valence-electron chi connectivity index (χ4n) is 1.13. The summed E-state index contributed by atoms with van der Waals surface area (Å²) in [6.07, 6.45) is 0.961. The second kappa shape index (κ2) is 4.48. The van der Waals surface area contributed by atoms with Gasteiger partial charge in [-0.25, -0.2) is 0 Å². The highest BCUT2D eigenvalue weighted by molar-refractivity contribution is 9.10. The van der Waals surface area contributed by atoms with E-state index in [9.17, 15) is 0 Å². The molecular weight excluding hydrogens is 218 g/mol. The van der Waals surface area contributed by atoms with Gasteiger partial charge >= 0.3 is 0 Å². The van der Waals surface area contributed by atoms with Crippen LogP contribution in [0.5, 0.6) is 5.75 Å². The van der Waals surface area contributed by atoms with Gasteiger partial charge < -0.3 is 10.5 Å². The van der Waals surface area contributed by atoms with Crippen LogP contribution < -0.4 is 10.5 Å². The van der Waals surface area contributed by atoms with Gasteiger partial charge in [0.25, 0.3) is 0 Å².